The summed E-state index contributed by atoms with van der Waals surface area (Å²) in [6.45, 7) is 1.52. The lowest BCUT2D eigenvalue weighted by Crippen LogP contribution is -2.28. The highest BCUT2D eigenvalue weighted by atomic mass is 35.5. The first-order chi connectivity index (χ1) is 9.17. The van der Waals surface area contributed by atoms with Crippen LogP contribution in [0.2, 0.25) is 5.02 Å². The zero-order valence-corrected chi connectivity index (χ0v) is 11.5. The average Bonchev–Trinajstić information content (AvgIpc) is 2.39. The van der Waals surface area contributed by atoms with E-state index in [0.29, 0.717) is 36.7 Å². The summed E-state index contributed by atoms with van der Waals surface area (Å²) in [7, 11) is 1.59. The van der Waals surface area contributed by atoms with Gasteiger partial charge in [0.25, 0.3) is 0 Å². The van der Waals surface area contributed by atoms with Crippen LogP contribution in [0, 0.1) is 11.3 Å². The van der Waals surface area contributed by atoms with Crippen molar-refractivity contribution in [3.8, 4) is 6.07 Å². The second kappa shape index (κ2) is 8.35. The number of halogens is 1. The second-order valence-electron chi connectivity index (χ2n) is 3.83. The molecular formula is C13H16ClN3O2. The summed E-state index contributed by atoms with van der Waals surface area (Å²) in [5, 5.41) is 14.9. The van der Waals surface area contributed by atoms with Crippen molar-refractivity contribution in [2.45, 2.75) is 6.42 Å². The van der Waals surface area contributed by atoms with Gasteiger partial charge in [-0.25, -0.2) is 0 Å². The minimum atomic E-state index is -0.0377. The second-order valence-corrected chi connectivity index (χ2v) is 4.23. The number of carbonyl (C=O) groups is 1. The van der Waals surface area contributed by atoms with Crippen molar-refractivity contribution in [1.29, 1.82) is 5.26 Å². The van der Waals surface area contributed by atoms with Crippen molar-refractivity contribution >= 4 is 23.2 Å². The van der Waals surface area contributed by atoms with Gasteiger partial charge in [-0.05, 0) is 18.2 Å². The lowest BCUT2D eigenvalue weighted by Gasteiger charge is -2.08. The highest BCUT2D eigenvalue weighted by Crippen LogP contribution is 2.19. The standard InChI is InChI=1S/C13H16ClN3O2/c1-19-7-6-17-13(18)4-5-16-11-3-2-10(9-15)12(14)8-11/h2-3,8,16H,4-7H2,1H3,(H,17,18). The molecule has 0 aliphatic heterocycles. The molecule has 1 aromatic rings. The van der Waals surface area contributed by atoms with E-state index in [1.165, 1.54) is 0 Å². The number of nitrogens with zero attached hydrogens (tertiary/aromatic N) is 1. The molecule has 2 N–H and O–H groups in total. The first-order valence-electron chi connectivity index (χ1n) is 5.86. The molecule has 0 atom stereocenters. The Morgan fingerprint density at radius 1 is 1.47 bits per heavy atom. The number of carbonyl (C=O) groups excluding carboxylic acids is 1. The Morgan fingerprint density at radius 2 is 2.26 bits per heavy atom. The Morgan fingerprint density at radius 3 is 2.89 bits per heavy atom. The van der Waals surface area contributed by atoms with E-state index in [0.717, 1.165) is 5.69 Å². The van der Waals surface area contributed by atoms with Gasteiger partial charge in [0.1, 0.15) is 6.07 Å². The van der Waals surface area contributed by atoms with Crippen LogP contribution in [-0.4, -0.2) is 32.7 Å². The Labute approximate surface area is 117 Å². The molecule has 0 aliphatic carbocycles. The summed E-state index contributed by atoms with van der Waals surface area (Å²) in [5.74, 6) is -0.0377. The van der Waals surface area contributed by atoms with Crippen LogP contribution in [0.3, 0.4) is 0 Å². The normalized spacial score (nSPS) is 9.74. The molecular weight excluding hydrogens is 266 g/mol. The van der Waals surface area contributed by atoms with Gasteiger partial charge in [0.05, 0.1) is 17.2 Å². The zero-order chi connectivity index (χ0) is 14.1. The van der Waals surface area contributed by atoms with E-state index in [9.17, 15) is 4.79 Å². The minimum Gasteiger partial charge on any atom is -0.384 e. The molecule has 0 unspecified atom stereocenters. The van der Waals surface area contributed by atoms with Crippen molar-refractivity contribution in [3.05, 3.63) is 28.8 Å². The van der Waals surface area contributed by atoms with Crippen molar-refractivity contribution in [3.63, 3.8) is 0 Å². The summed E-state index contributed by atoms with van der Waals surface area (Å²) in [5.41, 5.74) is 1.22. The Bertz CT molecular complexity index is 471. The van der Waals surface area contributed by atoms with E-state index in [4.69, 9.17) is 21.6 Å². The molecule has 0 bridgehead atoms. The molecule has 0 aromatic heterocycles. The van der Waals surface area contributed by atoms with Gasteiger partial charge in [-0.3, -0.25) is 4.79 Å². The predicted octanol–water partition coefficient (Wildman–Crippen LogP) is 1.78. The van der Waals surface area contributed by atoms with E-state index < -0.39 is 0 Å². The number of amides is 1. The molecule has 19 heavy (non-hydrogen) atoms. The van der Waals surface area contributed by atoms with Crippen LogP contribution in [0.4, 0.5) is 5.69 Å². The first kappa shape index (κ1) is 15.3. The lowest BCUT2D eigenvalue weighted by molar-refractivity contribution is -0.121. The lowest BCUT2D eigenvalue weighted by atomic mass is 10.2. The van der Waals surface area contributed by atoms with Crippen LogP contribution >= 0.6 is 11.6 Å². The first-order valence-corrected chi connectivity index (χ1v) is 6.24. The predicted molar refractivity (Wildman–Crippen MR) is 74.2 cm³/mol. The average molecular weight is 282 g/mol. The molecule has 5 nitrogen and oxygen atoms in total. The van der Waals surface area contributed by atoms with Gasteiger partial charge < -0.3 is 15.4 Å². The molecule has 1 amide bonds. The minimum absolute atomic E-state index is 0.0377. The number of methoxy groups -OCH3 is 1. The van der Waals surface area contributed by atoms with Crippen LogP contribution in [0.5, 0.6) is 0 Å². The van der Waals surface area contributed by atoms with E-state index in [1.807, 2.05) is 6.07 Å². The molecule has 6 heteroatoms. The van der Waals surface area contributed by atoms with Crippen molar-refractivity contribution in [1.82, 2.24) is 5.32 Å². The summed E-state index contributed by atoms with van der Waals surface area (Å²) >= 11 is 5.90. The number of benzene rings is 1. The van der Waals surface area contributed by atoms with E-state index in [2.05, 4.69) is 10.6 Å². The third kappa shape index (κ3) is 5.60. The number of nitriles is 1. The van der Waals surface area contributed by atoms with Crippen molar-refractivity contribution in [2.75, 3.05) is 32.1 Å². The molecule has 1 rings (SSSR count). The fourth-order valence-corrected chi connectivity index (χ4v) is 1.64. The molecule has 0 fully saturated rings. The fraction of sp³-hybridized carbons (Fsp3) is 0.385. The summed E-state index contributed by atoms with van der Waals surface area (Å²) in [4.78, 5) is 11.4. The molecule has 0 saturated heterocycles. The fourth-order valence-electron chi connectivity index (χ4n) is 1.42. The van der Waals surface area contributed by atoms with Gasteiger partial charge in [-0.2, -0.15) is 5.26 Å². The number of rotatable bonds is 7. The quantitative estimate of drug-likeness (QED) is 0.747. The van der Waals surface area contributed by atoms with Gasteiger partial charge >= 0.3 is 0 Å². The molecule has 0 radical (unpaired) electrons. The molecule has 0 spiro atoms. The van der Waals surface area contributed by atoms with Crippen LogP contribution in [0.15, 0.2) is 18.2 Å². The van der Waals surface area contributed by atoms with Gasteiger partial charge in [0.15, 0.2) is 0 Å². The maximum Gasteiger partial charge on any atom is 0.221 e. The highest BCUT2D eigenvalue weighted by Gasteiger charge is 2.02. The maximum absolute atomic E-state index is 11.4. The topological polar surface area (TPSA) is 74.2 Å². The van der Waals surface area contributed by atoms with Crippen LogP contribution in [0.1, 0.15) is 12.0 Å². The third-order valence-corrected chi connectivity index (χ3v) is 2.71. The van der Waals surface area contributed by atoms with E-state index in [1.54, 1.807) is 25.3 Å². The SMILES string of the molecule is COCCNC(=O)CCNc1ccc(C#N)c(Cl)c1. The maximum atomic E-state index is 11.4. The number of hydrogen-bond acceptors (Lipinski definition) is 4. The summed E-state index contributed by atoms with van der Waals surface area (Å²) in [6, 6.07) is 7.06. The molecule has 0 aliphatic rings. The largest absolute Gasteiger partial charge is 0.384 e. The van der Waals surface area contributed by atoms with Crippen molar-refractivity contribution < 1.29 is 9.53 Å². The zero-order valence-electron chi connectivity index (χ0n) is 10.7. The van der Waals surface area contributed by atoms with E-state index in [-0.39, 0.29) is 5.91 Å². The molecule has 102 valence electrons. The molecule has 0 heterocycles. The molecule has 0 saturated carbocycles. The number of ether oxygens (including phenoxy) is 1. The monoisotopic (exact) mass is 281 g/mol. The highest BCUT2D eigenvalue weighted by molar-refractivity contribution is 6.32. The summed E-state index contributed by atoms with van der Waals surface area (Å²) in [6.07, 6.45) is 0.362. The third-order valence-electron chi connectivity index (χ3n) is 2.40. The Hall–Kier alpha value is -1.77. The van der Waals surface area contributed by atoms with E-state index >= 15 is 0 Å². The summed E-state index contributed by atoms with van der Waals surface area (Å²) < 4.78 is 4.83. The van der Waals surface area contributed by atoms with Crippen LogP contribution < -0.4 is 10.6 Å². The molecule has 1 aromatic carbocycles. The van der Waals surface area contributed by atoms with Gasteiger partial charge in [-0.1, -0.05) is 11.6 Å². The number of anilines is 1. The van der Waals surface area contributed by atoms with Gasteiger partial charge in [0.2, 0.25) is 5.91 Å². The number of hydrogen-bond donors (Lipinski definition) is 2. The Kier molecular flexibility index (Phi) is 6.72. The Balaban J connectivity index is 2.31. The van der Waals surface area contributed by atoms with Crippen LogP contribution in [0.25, 0.3) is 0 Å². The smallest absolute Gasteiger partial charge is 0.221 e. The van der Waals surface area contributed by atoms with Crippen molar-refractivity contribution in [2.24, 2.45) is 0 Å². The van der Waals surface area contributed by atoms with Gasteiger partial charge in [-0.15, -0.1) is 0 Å². The van der Waals surface area contributed by atoms with Gasteiger partial charge in [0, 0.05) is 32.3 Å². The number of nitrogens with one attached hydrogen (secondary N) is 2. The van der Waals surface area contributed by atoms with Crippen LogP contribution in [-0.2, 0) is 9.53 Å².